The highest BCUT2D eigenvalue weighted by atomic mass is 28.3. The van der Waals surface area contributed by atoms with Gasteiger partial charge in [-0.2, -0.15) is 0 Å². The van der Waals surface area contributed by atoms with Crippen LogP contribution in [0, 0.1) is 0 Å². The fourth-order valence-corrected chi connectivity index (χ4v) is 7.11. The van der Waals surface area contributed by atoms with Gasteiger partial charge >= 0.3 is 0 Å². The van der Waals surface area contributed by atoms with E-state index in [1.807, 2.05) is 0 Å². The quantitative estimate of drug-likeness (QED) is 0.300. The van der Waals surface area contributed by atoms with Gasteiger partial charge in [0.25, 0.3) is 0 Å². The van der Waals surface area contributed by atoms with Crippen LogP contribution in [-0.2, 0) is 0 Å². The van der Waals surface area contributed by atoms with Crippen molar-refractivity contribution < 1.29 is 0 Å². The minimum Gasteiger partial charge on any atom is -0.311 e. The van der Waals surface area contributed by atoms with E-state index in [-0.39, 0.29) is 0 Å². The molecule has 144 valence electrons. The molecule has 0 spiro atoms. The Hall–Kier alpha value is -0.123. The third-order valence-electron chi connectivity index (χ3n) is 4.82. The second-order valence-corrected chi connectivity index (χ2v) is 10.3. The Labute approximate surface area is 155 Å². The number of allylic oxidation sites excluding steroid dienone is 1. The van der Waals surface area contributed by atoms with Crippen LogP contribution in [0.3, 0.4) is 0 Å². The van der Waals surface area contributed by atoms with Crippen molar-refractivity contribution in [3.05, 3.63) is 11.8 Å². The highest BCUT2D eigenvalue weighted by Gasteiger charge is 2.28. The molecule has 0 aliphatic carbocycles. The van der Waals surface area contributed by atoms with Crippen LogP contribution in [0.25, 0.3) is 0 Å². The van der Waals surface area contributed by atoms with Crippen molar-refractivity contribution >= 4 is 9.12 Å². The molecule has 0 aromatic heterocycles. The van der Waals surface area contributed by atoms with Crippen molar-refractivity contribution in [2.75, 3.05) is 26.2 Å². The molecular formula is C21H46N2Si. The molecule has 0 aliphatic heterocycles. The summed E-state index contributed by atoms with van der Waals surface area (Å²) in [7, 11) is -1.23. The molecule has 0 saturated carbocycles. The maximum absolute atomic E-state index is 4.60. The zero-order valence-corrected chi connectivity index (χ0v) is 18.7. The maximum atomic E-state index is 4.60. The molecule has 0 aromatic rings. The van der Waals surface area contributed by atoms with Gasteiger partial charge in [0.05, 0.1) is 0 Å². The van der Waals surface area contributed by atoms with Crippen molar-refractivity contribution in [2.45, 2.75) is 98.8 Å². The lowest BCUT2D eigenvalue weighted by Crippen LogP contribution is -2.55. The average Bonchev–Trinajstić information content (AvgIpc) is 2.58. The first-order valence-electron chi connectivity index (χ1n) is 10.8. The molecule has 0 heterocycles. The molecule has 0 radical (unpaired) electrons. The molecule has 0 aromatic carbocycles. The molecule has 0 fully saturated rings. The van der Waals surface area contributed by atoms with Gasteiger partial charge in [0, 0.05) is 0 Å². The second kappa shape index (κ2) is 16.4. The molecule has 0 unspecified atom stereocenters. The van der Waals surface area contributed by atoms with Crippen molar-refractivity contribution in [1.82, 2.24) is 9.13 Å². The smallest absolute Gasteiger partial charge is 0.218 e. The van der Waals surface area contributed by atoms with Gasteiger partial charge in [-0.3, -0.25) is 0 Å². The summed E-state index contributed by atoms with van der Waals surface area (Å²) >= 11 is 0. The number of unbranched alkanes of at least 4 members (excludes halogenated alkanes) is 4. The molecule has 0 amide bonds. The lowest BCUT2D eigenvalue weighted by molar-refractivity contribution is 0.328. The SMILES string of the molecule is C=C(CCC)[SiH](N(CCCC)CCCC)N(CCCC)CCCC. The molecule has 0 N–H and O–H groups in total. The summed E-state index contributed by atoms with van der Waals surface area (Å²) in [5.74, 6) is 0. The normalized spacial score (nSPS) is 11.8. The van der Waals surface area contributed by atoms with Gasteiger partial charge in [0.15, 0.2) is 0 Å². The van der Waals surface area contributed by atoms with Crippen molar-refractivity contribution in [3.63, 3.8) is 0 Å². The summed E-state index contributed by atoms with van der Waals surface area (Å²) in [6, 6.07) is 0. The Balaban J connectivity index is 5.28. The molecule has 3 heteroatoms. The van der Waals surface area contributed by atoms with Gasteiger partial charge in [-0.15, -0.1) is 6.58 Å². The topological polar surface area (TPSA) is 6.48 Å². The minimum atomic E-state index is -1.23. The van der Waals surface area contributed by atoms with E-state index in [0.29, 0.717) is 0 Å². The lowest BCUT2D eigenvalue weighted by Gasteiger charge is -2.40. The first kappa shape index (κ1) is 23.9. The van der Waals surface area contributed by atoms with E-state index in [1.165, 1.54) is 90.4 Å². The third-order valence-corrected chi connectivity index (χ3v) is 8.26. The Morgan fingerprint density at radius 1 is 0.625 bits per heavy atom. The number of nitrogens with zero attached hydrogens (tertiary/aromatic N) is 2. The van der Waals surface area contributed by atoms with E-state index >= 15 is 0 Å². The number of hydrogen-bond donors (Lipinski definition) is 0. The van der Waals surface area contributed by atoms with Crippen molar-refractivity contribution in [3.8, 4) is 0 Å². The highest BCUT2D eigenvalue weighted by molar-refractivity contribution is 6.61. The van der Waals surface area contributed by atoms with E-state index in [2.05, 4.69) is 50.3 Å². The summed E-state index contributed by atoms with van der Waals surface area (Å²) in [6.07, 6.45) is 13.0. The van der Waals surface area contributed by atoms with Crippen LogP contribution in [0.2, 0.25) is 0 Å². The molecular weight excluding hydrogens is 308 g/mol. The minimum absolute atomic E-state index is 1.22. The Morgan fingerprint density at radius 2 is 0.958 bits per heavy atom. The van der Waals surface area contributed by atoms with Crippen LogP contribution >= 0.6 is 0 Å². The van der Waals surface area contributed by atoms with Crippen molar-refractivity contribution in [2.24, 2.45) is 0 Å². The standard InChI is InChI=1S/C21H46N2Si/c1-7-12-17-22(18-13-8-2)24(21(6)16-11-5)23(19-14-9-3)20-15-10-4/h24H,6-20H2,1-5H3. The van der Waals surface area contributed by atoms with Gasteiger partial charge in [0.2, 0.25) is 9.12 Å². The predicted octanol–water partition coefficient (Wildman–Crippen LogP) is 5.91. The van der Waals surface area contributed by atoms with E-state index in [1.54, 1.807) is 5.20 Å². The monoisotopic (exact) mass is 354 g/mol. The fraction of sp³-hybridized carbons (Fsp3) is 0.905. The summed E-state index contributed by atoms with van der Waals surface area (Å²) in [4.78, 5) is 0. The highest BCUT2D eigenvalue weighted by Crippen LogP contribution is 2.18. The van der Waals surface area contributed by atoms with Crippen LogP contribution in [0.1, 0.15) is 98.8 Å². The van der Waals surface area contributed by atoms with E-state index in [0.717, 1.165) is 0 Å². The third kappa shape index (κ3) is 10.0. The molecule has 0 saturated heterocycles. The fourth-order valence-electron chi connectivity index (χ4n) is 3.36. The van der Waals surface area contributed by atoms with Crippen molar-refractivity contribution in [1.29, 1.82) is 0 Å². The summed E-state index contributed by atoms with van der Waals surface area (Å²) in [5, 5.41) is 1.58. The van der Waals surface area contributed by atoms with Crippen LogP contribution in [0.4, 0.5) is 0 Å². The number of rotatable bonds is 17. The Morgan fingerprint density at radius 3 is 1.21 bits per heavy atom. The van der Waals surface area contributed by atoms with Crippen LogP contribution in [0.5, 0.6) is 0 Å². The van der Waals surface area contributed by atoms with Gasteiger partial charge in [-0.05, 0) is 58.3 Å². The molecule has 0 aliphatic rings. The summed E-state index contributed by atoms with van der Waals surface area (Å²) in [5.41, 5.74) is 0. The zero-order chi connectivity index (χ0) is 18.2. The first-order valence-corrected chi connectivity index (χ1v) is 12.4. The van der Waals surface area contributed by atoms with Crippen LogP contribution in [0.15, 0.2) is 11.8 Å². The maximum Gasteiger partial charge on any atom is 0.218 e. The van der Waals surface area contributed by atoms with Crippen LogP contribution < -0.4 is 0 Å². The summed E-state index contributed by atoms with van der Waals surface area (Å²) in [6.45, 7) is 21.3. The van der Waals surface area contributed by atoms with E-state index in [9.17, 15) is 0 Å². The first-order chi connectivity index (χ1) is 11.7. The molecule has 0 bridgehead atoms. The van der Waals surface area contributed by atoms with Crippen LogP contribution in [-0.4, -0.2) is 44.4 Å². The molecule has 0 atom stereocenters. The Kier molecular flexibility index (Phi) is 16.3. The van der Waals surface area contributed by atoms with E-state index in [4.69, 9.17) is 0 Å². The molecule has 24 heavy (non-hydrogen) atoms. The molecule has 0 rings (SSSR count). The second-order valence-electron chi connectivity index (χ2n) is 7.27. The molecule has 2 nitrogen and oxygen atoms in total. The predicted molar refractivity (Wildman–Crippen MR) is 114 cm³/mol. The van der Waals surface area contributed by atoms with Gasteiger partial charge in [0.1, 0.15) is 0 Å². The van der Waals surface area contributed by atoms with E-state index < -0.39 is 9.12 Å². The Bertz CT molecular complexity index is 258. The zero-order valence-electron chi connectivity index (χ0n) is 17.6. The van der Waals surface area contributed by atoms with Gasteiger partial charge in [-0.25, -0.2) is 0 Å². The van der Waals surface area contributed by atoms with Gasteiger partial charge < -0.3 is 9.13 Å². The lowest BCUT2D eigenvalue weighted by atomic mass is 10.3. The largest absolute Gasteiger partial charge is 0.311 e. The van der Waals surface area contributed by atoms with Gasteiger partial charge in [-0.1, -0.05) is 71.9 Å². The number of hydrogen-bond acceptors (Lipinski definition) is 2. The average molecular weight is 355 g/mol. The summed E-state index contributed by atoms with van der Waals surface area (Å²) < 4.78 is 5.77.